The summed E-state index contributed by atoms with van der Waals surface area (Å²) in [6.45, 7) is 1.69. The van der Waals surface area contributed by atoms with Gasteiger partial charge in [0.15, 0.2) is 0 Å². The van der Waals surface area contributed by atoms with Crippen molar-refractivity contribution in [3.63, 3.8) is 0 Å². The molecule has 0 spiro atoms. The number of benzene rings is 1. The van der Waals surface area contributed by atoms with Crippen molar-refractivity contribution >= 4 is 17.3 Å². The molecule has 0 amide bonds. The van der Waals surface area contributed by atoms with Gasteiger partial charge >= 0.3 is 5.97 Å². The average Bonchev–Trinajstić information content (AvgIpc) is 2.28. The quantitative estimate of drug-likeness (QED) is 0.765. The number of carboxylic acid groups (broad SMARTS) is 1. The summed E-state index contributed by atoms with van der Waals surface area (Å²) >= 11 is 0. The Morgan fingerprint density at radius 3 is 2.69 bits per heavy atom. The molecule has 16 heavy (non-hydrogen) atoms. The Kier molecular flexibility index (Phi) is 2.81. The Bertz CT molecular complexity index is 429. The highest BCUT2D eigenvalue weighted by Crippen LogP contribution is 2.31. The maximum absolute atomic E-state index is 10.5. The van der Waals surface area contributed by atoms with Gasteiger partial charge in [0.1, 0.15) is 0 Å². The van der Waals surface area contributed by atoms with E-state index in [2.05, 4.69) is 4.90 Å². The SMILES string of the molecule is CN1CCN(C=CC(=O)O)c2ccccc21. The summed E-state index contributed by atoms with van der Waals surface area (Å²) in [5, 5.41) is 8.62. The molecule has 0 aromatic heterocycles. The number of carbonyl (C=O) groups is 1. The highest BCUT2D eigenvalue weighted by molar-refractivity contribution is 5.81. The maximum atomic E-state index is 10.5. The van der Waals surface area contributed by atoms with Gasteiger partial charge in [0.05, 0.1) is 11.4 Å². The van der Waals surface area contributed by atoms with Crippen LogP contribution in [0.15, 0.2) is 36.5 Å². The molecule has 0 bridgehead atoms. The largest absolute Gasteiger partial charge is 0.478 e. The fourth-order valence-electron chi connectivity index (χ4n) is 1.84. The summed E-state index contributed by atoms with van der Waals surface area (Å²) in [5.74, 6) is -0.920. The van der Waals surface area contributed by atoms with E-state index >= 15 is 0 Å². The highest BCUT2D eigenvalue weighted by Gasteiger charge is 2.17. The van der Waals surface area contributed by atoms with Gasteiger partial charge in [-0.2, -0.15) is 0 Å². The number of aliphatic carboxylic acids is 1. The van der Waals surface area contributed by atoms with Crippen LogP contribution in [0.25, 0.3) is 0 Å². The number of nitrogens with zero attached hydrogens (tertiary/aromatic N) is 2. The zero-order chi connectivity index (χ0) is 11.5. The van der Waals surface area contributed by atoms with Crippen LogP contribution in [0.3, 0.4) is 0 Å². The van der Waals surface area contributed by atoms with Crippen LogP contribution in [0.5, 0.6) is 0 Å². The van der Waals surface area contributed by atoms with E-state index in [-0.39, 0.29) is 0 Å². The molecule has 1 N–H and O–H groups in total. The van der Waals surface area contributed by atoms with Gasteiger partial charge in [-0.3, -0.25) is 0 Å². The van der Waals surface area contributed by atoms with E-state index in [1.165, 1.54) is 6.08 Å². The first kappa shape index (κ1) is 10.5. The summed E-state index contributed by atoms with van der Waals surface area (Å²) in [4.78, 5) is 14.6. The second-order valence-electron chi connectivity index (χ2n) is 3.76. The third-order valence-corrected chi connectivity index (χ3v) is 2.68. The Labute approximate surface area is 94.4 Å². The van der Waals surface area contributed by atoms with E-state index in [1.807, 2.05) is 36.2 Å². The highest BCUT2D eigenvalue weighted by atomic mass is 16.4. The molecule has 1 aliphatic rings. The topological polar surface area (TPSA) is 43.8 Å². The first-order valence-electron chi connectivity index (χ1n) is 5.16. The predicted octanol–water partition coefficient (Wildman–Crippen LogP) is 1.54. The van der Waals surface area contributed by atoms with E-state index in [0.29, 0.717) is 0 Å². The van der Waals surface area contributed by atoms with Crippen LogP contribution in [0.4, 0.5) is 11.4 Å². The van der Waals surface area contributed by atoms with Crippen LogP contribution in [-0.2, 0) is 4.79 Å². The molecule has 1 aromatic carbocycles. The molecule has 0 saturated heterocycles. The first-order chi connectivity index (χ1) is 7.68. The molecule has 84 valence electrons. The fraction of sp³-hybridized carbons (Fsp3) is 0.250. The lowest BCUT2D eigenvalue weighted by atomic mass is 10.2. The van der Waals surface area contributed by atoms with Crippen molar-refractivity contribution < 1.29 is 9.90 Å². The molecular weight excluding hydrogens is 204 g/mol. The Morgan fingerprint density at radius 1 is 1.31 bits per heavy atom. The third kappa shape index (κ3) is 2.00. The normalized spacial score (nSPS) is 15.3. The number of carboxylic acids is 1. The molecule has 0 unspecified atom stereocenters. The van der Waals surface area contributed by atoms with E-state index in [4.69, 9.17) is 5.11 Å². The maximum Gasteiger partial charge on any atom is 0.329 e. The van der Waals surface area contributed by atoms with Gasteiger partial charge in [-0.25, -0.2) is 4.79 Å². The fourth-order valence-corrected chi connectivity index (χ4v) is 1.84. The van der Waals surface area contributed by atoms with Crippen molar-refractivity contribution in [3.8, 4) is 0 Å². The van der Waals surface area contributed by atoms with E-state index in [9.17, 15) is 4.79 Å². The zero-order valence-corrected chi connectivity index (χ0v) is 9.13. The molecule has 0 aliphatic carbocycles. The lowest BCUT2D eigenvalue weighted by molar-refractivity contribution is -0.131. The number of likely N-dealkylation sites (N-methyl/N-ethyl adjacent to an activating group) is 1. The minimum Gasteiger partial charge on any atom is -0.478 e. The van der Waals surface area contributed by atoms with Gasteiger partial charge in [-0.05, 0) is 12.1 Å². The van der Waals surface area contributed by atoms with Gasteiger partial charge < -0.3 is 14.9 Å². The smallest absolute Gasteiger partial charge is 0.329 e. The molecule has 0 atom stereocenters. The molecule has 0 fully saturated rings. The first-order valence-corrected chi connectivity index (χ1v) is 5.16. The molecular formula is C12H14N2O2. The van der Waals surface area contributed by atoms with Gasteiger partial charge in [0, 0.05) is 32.4 Å². The Morgan fingerprint density at radius 2 is 2.00 bits per heavy atom. The minimum absolute atomic E-state index is 0.803. The zero-order valence-electron chi connectivity index (χ0n) is 9.13. The van der Waals surface area contributed by atoms with Crippen molar-refractivity contribution in [2.45, 2.75) is 0 Å². The molecule has 4 heteroatoms. The molecule has 0 saturated carbocycles. The van der Waals surface area contributed by atoms with Crippen molar-refractivity contribution in [2.75, 3.05) is 29.9 Å². The third-order valence-electron chi connectivity index (χ3n) is 2.68. The summed E-state index contributed by atoms with van der Waals surface area (Å²) in [6.07, 6.45) is 2.79. The van der Waals surface area contributed by atoms with Crippen LogP contribution in [0.1, 0.15) is 0 Å². The molecule has 1 aromatic rings. The second kappa shape index (κ2) is 4.26. The number of hydrogen-bond acceptors (Lipinski definition) is 3. The lowest BCUT2D eigenvalue weighted by Gasteiger charge is -2.34. The van der Waals surface area contributed by atoms with Crippen molar-refractivity contribution in [3.05, 3.63) is 36.5 Å². The second-order valence-corrected chi connectivity index (χ2v) is 3.76. The van der Waals surface area contributed by atoms with Crippen molar-refractivity contribution in [2.24, 2.45) is 0 Å². The van der Waals surface area contributed by atoms with Crippen LogP contribution in [-0.4, -0.2) is 31.2 Å². The predicted molar refractivity (Wildman–Crippen MR) is 63.8 cm³/mol. The van der Waals surface area contributed by atoms with Crippen molar-refractivity contribution in [1.29, 1.82) is 0 Å². The summed E-state index contributed by atoms with van der Waals surface area (Å²) in [7, 11) is 2.04. The van der Waals surface area contributed by atoms with Crippen LogP contribution >= 0.6 is 0 Å². The number of anilines is 2. The Hall–Kier alpha value is -1.97. The van der Waals surface area contributed by atoms with Crippen LogP contribution in [0.2, 0.25) is 0 Å². The van der Waals surface area contributed by atoms with Gasteiger partial charge in [-0.15, -0.1) is 0 Å². The number of rotatable bonds is 2. The van der Waals surface area contributed by atoms with Gasteiger partial charge in [0.25, 0.3) is 0 Å². The van der Waals surface area contributed by atoms with Crippen molar-refractivity contribution in [1.82, 2.24) is 0 Å². The molecule has 2 rings (SSSR count). The summed E-state index contributed by atoms with van der Waals surface area (Å²) in [6, 6.07) is 7.98. The standard InChI is InChI=1S/C12H14N2O2/c1-13-8-9-14(7-6-12(15)16)11-5-3-2-4-10(11)13/h2-7H,8-9H2,1H3,(H,15,16). The summed E-state index contributed by atoms with van der Waals surface area (Å²) in [5.41, 5.74) is 2.18. The monoisotopic (exact) mass is 218 g/mol. The molecule has 1 heterocycles. The molecule has 4 nitrogen and oxygen atoms in total. The number of hydrogen-bond donors (Lipinski definition) is 1. The van der Waals surface area contributed by atoms with E-state index in [0.717, 1.165) is 24.5 Å². The number of fused-ring (bicyclic) bond motifs is 1. The van der Waals surface area contributed by atoms with Gasteiger partial charge in [0.2, 0.25) is 0 Å². The Balaban J connectivity index is 2.31. The van der Waals surface area contributed by atoms with Gasteiger partial charge in [-0.1, -0.05) is 12.1 Å². The number of para-hydroxylation sites is 2. The lowest BCUT2D eigenvalue weighted by Crippen LogP contribution is -2.36. The van der Waals surface area contributed by atoms with Crippen LogP contribution < -0.4 is 9.80 Å². The van der Waals surface area contributed by atoms with Crippen LogP contribution in [0, 0.1) is 0 Å². The van der Waals surface area contributed by atoms with E-state index < -0.39 is 5.97 Å². The molecule has 1 aliphatic heterocycles. The van der Waals surface area contributed by atoms with E-state index in [1.54, 1.807) is 6.20 Å². The average molecular weight is 218 g/mol. The summed E-state index contributed by atoms with van der Waals surface area (Å²) < 4.78 is 0. The molecule has 0 radical (unpaired) electrons. The minimum atomic E-state index is -0.920.